The molecule has 8 nitrogen and oxygen atoms in total. The van der Waals surface area contributed by atoms with Crippen LogP contribution in [-0.2, 0) is 16.1 Å². The Morgan fingerprint density at radius 1 is 0.933 bits per heavy atom. The first-order valence-electron chi connectivity index (χ1n) is 9.65. The molecule has 0 bridgehead atoms. The molecule has 1 aromatic heterocycles. The fourth-order valence-electron chi connectivity index (χ4n) is 2.92. The number of nitrogens with zero attached hydrogens (tertiary/aromatic N) is 2. The van der Waals surface area contributed by atoms with Gasteiger partial charge in [0, 0.05) is 24.0 Å². The summed E-state index contributed by atoms with van der Waals surface area (Å²) in [6.45, 7) is 0.981. The van der Waals surface area contributed by atoms with E-state index in [2.05, 4.69) is 10.2 Å². The third-order valence-electron chi connectivity index (χ3n) is 4.47. The number of esters is 1. The molecule has 4 rings (SSSR count). The predicted molar refractivity (Wildman–Crippen MR) is 105 cm³/mol. The standard InChI is InChI=1S/C22H20N2O6/c25-17(16-7-9-18-19(13-16)28-12-4-11-27-18)8-10-21(26)29-14-20-23-24-22(30-20)15-5-2-1-3-6-15/h1-3,5-7,9,13H,4,8,10-12,14H2. The van der Waals surface area contributed by atoms with Crippen molar-refractivity contribution in [1.29, 1.82) is 0 Å². The largest absolute Gasteiger partial charge is 0.490 e. The van der Waals surface area contributed by atoms with Gasteiger partial charge in [0.2, 0.25) is 5.89 Å². The first-order valence-corrected chi connectivity index (χ1v) is 9.65. The molecule has 30 heavy (non-hydrogen) atoms. The maximum Gasteiger partial charge on any atom is 0.306 e. The van der Waals surface area contributed by atoms with E-state index in [-0.39, 0.29) is 31.1 Å². The normalized spacial score (nSPS) is 12.8. The molecule has 1 aliphatic heterocycles. The van der Waals surface area contributed by atoms with Crippen molar-refractivity contribution in [3.8, 4) is 23.0 Å². The summed E-state index contributed by atoms with van der Waals surface area (Å²) >= 11 is 0. The maximum absolute atomic E-state index is 12.4. The summed E-state index contributed by atoms with van der Waals surface area (Å²) < 4.78 is 21.8. The molecule has 0 saturated carbocycles. The number of carbonyl (C=O) groups is 2. The van der Waals surface area contributed by atoms with Gasteiger partial charge in [-0.15, -0.1) is 10.2 Å². The molecule has 0 atom stereocenters. The number of hydrogen-bond acceptors (Lipinski definition) is 8. The number of fused-ring (bicyclic) bond motifs is 1. The van der Waals surface area contributed by atoms with E-state index in [1.54, 1.807) is 18.2 Å². The highest BCUT2D eigenvalue weighted by molar-refractivity contribution is 5.98. The van der Waals surface area contributed by atoms with Crippen LogP contribution >= 0.6 is 0 Å². The third kappa shape index (κ3) is 4.83. The van der Waals surface area contributed by atoms with Gasteiger partial charge in [-0.1, -0.05) is 18.2 Å². The second-order valence-electron chi connectivity index (χ2n) is 6.66. The van der Waals surface area contributed by atoms with Crippen molar-refractivity contribution in [1.82, 2.24) is 10.2 Å². The van der Waals surface area contributed by atoms with E-state index in [1.807, 2.05) is 30.3 Å². The van der Waals surface area contributed by atoms with Gasteiger partial charge in [0.1, 0.15) is 0 Å². The molecule has 0 spiro atoms. The lowest BCUT2D eigenvalue weighted by molar-refractivity contribution is -0.145. The van der Waals surface area contributed by atoms with Gasteiger partial charge >= 0.3 is 5.97 Å². The van der Waals surface area contributed by atoms with Gasteiger partial charge < -0.3 is 18.6 Å². The molecule has 3 aromatic rings. The Morgan fingerprint density at radius 2 is 1.73 bits per heavy atom. The van der Waals surface area contributed by atoms with Gasteiger partial charge in [0.05, 0.1) is 19.6 Å². The minimum atomic E-state index is -0.517. The van der Waals surface area contributed by atoms with Crippen LogP contribution in [0.3, 0.4) is 0 Å². The minimum Gasteiger partial charge on any atom is -0.490 e. The third-order valence-corrected chi connectivity index (χ3v) is 4.47. The van der Waals surface area contributed by atoms with Gasteiger partial charge in [-0.3, -0.25) is 9.59 Å². The highest BCUT2D eigenvalue weighted by Gasteiger charge is 2.16. The molecule has 2 aromatic carbocycles. The number of carbonyl (C=O) groups excluding carboxylic acids is 2. The fourth-order valence-corrected chi connectivity index (χ4v) is 2.92. The first kappa shape index (κ1) is 19.6. The average molecular weight is 408 g/mol. The zero-order valence-electron chi connectivity index (χ0n) is 16.2. The molecule has 0 saturated heterocycles. The fraction of sp³-hybridized carbons (Fsp3) is 0.273. The summed E-state index contributed by atoms with van der Waals surface area (Å²) in [5.41, 5.74) is 1.25. The lowest BCUT2D eigenvalue weighted by Crippen LogP contribution is -2.08. The van der Waals surface area contributed by atoms with Crippen LogP contribution in [-0.4, -0.2) is 35.2 Å². The van der Waals surface area contributed by atoms with Gasteiger partial charge in [0.15, 0.2) is 23.9 Å². The Labute approximate surface area is 172 Å². The van der Waals surface area contributed by atoms with Crippen molar-refractivity contribution >= 4 is 11.8 Å². The van der Waals surface area contributed by atoms with Crippen LogP contribution in [0.25, 0.3) is 11.5 Å². The predicted octanol–water partition coefficient (Wildman–Crippen LogP) is 3.60. The van der Waals surface area contributed by atoms with Crippen molar-refractivity contribution in [2.24, 2.45) is 0 Å². The Hall–Kier alpha value is -3.68. The van der Waals surface area contributed by atoms with E-state index in [4.69, 9.17) is 18.6 Å². The quantitative estimate of drug-likeness (QED) is 0.432. The van der Waals surface area contributed by atoms with Crippen LogP contribution in [0, 0.1) is 0 Å². The smallest absolute Gasteiger partial charge is 0.306 e. The zero-order chi connectivity index (χ0) is 20.8. The van der Waals surface area contributed by atoms with Crippen molar-refractivity contribution < 1.29 is 28.2 Å². The monoisotopic (exact) mass is 408 g/mol. The number of ketones is 1. The van der Waals surface area contributed by atoms with E-state index in [1.165, 1.54) is 0 Å². The molecule has 0 radical (unpaired) electrons. The second-order valence-corrected chi connectivity index (χ2v) is 6.66. The number of ether oxygens (including phenoxy) is 3. The average Bonchev–Trinajstić information content (AvgIpc) is 3.13. The van der Waals surface area contributed by atoms with Crippen LogP contribution in [0.4, 0.5) is 0 Å². The van der Waals surface area contributed by atoms with Crippen LogP contribution in [0.1, 0.15) is 35.5 Å². The van der Waals surface area contributed by atoms with Crippen molar-refractivity contribution in [3.05, 3.63) is 60.0 Å². The molecular formula is C22H20N2O6. The molecule has 2 heterocycles. The lowest BCUT2D eigenvalue weighted by atomic mass is 10.1. The van der Waals surface area contributed by atoms with Crippen molar-refractivity contribution in [2.75, 3.05) is 13.2 Å². The first-order chi connectivity index (χ1) is 14.7. The van der Waals surface area contributed by atoms with Crippen LogP contribution < -0.4 is 9.47 Å². The van der Waals surface area contributed by atoms with Crippen LogP contribution in [0.15, 0.2) is 52.9 Å². The molecular weight excluding hydrogens is 388 g/mol. The lowest BCUT2D eigenvalue weighted by Gasteiger charge is -2.08. The maximum atomic E-state index is 12.4. The summed E-state index contributed by atoms with van der Waals surface area (Å²) in [5.74, 6) is 1.02. The summed E-state index contributed by atoms with van der Waals surface area (Å²) in [7, 11) is 0. The molecule has 8 heteroatoms. The minimum absolute atomic E-state index is 0.0254. The summed E-state index contributed by atoms with van der Waals surface area (Å²) in [6, 6.07) is 14.3. The van der Waals surface area contributed by atoms with E-state index in [0.29, 0.717) is 36.2 Å². The van der Waals surface area contributed by atoms with Crippen molar-refractivity contribution in [2.45, 2.75) is 25.9 Å². The van der Waals surface area contributed by atoms with E-state index < -0.39 is 5.97 Å². The highest BCUT2D eigenvalue weighted by Crippen LogP contribution is 2.30. The Balaban J connectivity index is 1.26. The molecule has 0 amide bonds. The zero-order valence-corrected chi connectivity index (χ0v) is 16.2. The SMILES string of the molecule is O=C(CCC(=O)c1ccc2c(c1)OCCCO2)OCc1nnc(-c2ccccc2)o1. The summed E-state index contributed by atoms with van der Waals surface area (Å²) in [5, 5.41) is 7.81. The van der Waals surface area contributed by atoms with Crippen LogP contribution in [0.5, 0.6) is 11.5 Å². The Kier molecular flexibility index (Phi) is 6.03. The van der Waals surface area contributed by atoms with Crippen LogP contribution in [0.2, 0.25) is 0 Å². The summed E-state index contributed by atoms with van der Waals surface area (Å²) in [4.78, 5) is 24.4. The van der Waals surface area contributed by atoms with Gasteiger partial charge in [0.25, 0.3) is 5.89 Å². The second kappa shape index (κ2) is 9.21. The molecule has 0 N–H and O–H groups in total. The number of benzene rings is 2. The Morgan fingerprint density at radius 3 is 2.57 bits per heavy atom. The van der Waals surface area contributed by atoms with Gasteiger partial charge in [-0.25, -0.2) is 0 Å². The molecule has 0 aliphatic carbocycles. The summed E-state index contributed by atoms with van der Waals surface area (Å²) in [6.07, 6.45) is 0.765. The van der Waals surface area contributed by atoms with E-state index >= 15 is 0 Å². The molecule has 0 unspecified atom stereocenters. The highest BCUT2D eigenvalue weighted by atomic mass is 16.5. The van der Waals surface area contributed by atoms with Gasteiger partial charge in [-0.2, -0.15) is 0 Å². The number of Topliss-reactive ketones (excluding diaryl/α,β-unsaturated/α-hetero) is 1. The van der Waals surface area contributed by atoms with Gasteiger partial charge in [-0.05, 0) is 30.3 Å². The van der Waals surface area contributed by atoms with E-state index in [9.17, 15) is 9.59 Å². The topological polar surface area (TPSA) is 101 Å². The number of aromatic nitrogens is 2. The number of rotatable bonds is 7. The van der Waals surface area contributed by atoms with E-state index in [0.717, 1.165) is 12.0 Å². The molecule has 0 fully saturated rings. The Bertz CT molecular complexity index is 1030. The molecule has 154 valence electrons. The molecule has 1 aliphatic rings. The van der Waals surface area contributed by atoms with Crippen molar-refractivity contribution in [3.63, 3.8) is 0 Å². The number of hydrogen-bond donors (Lipinski definition) is 0.